The van der Waals surface area contributed by atoms with Gasteiger partial charge in [0.15, 0.2) is 0 Å². The van der Waals surface area contributed by atoms with Crippen LogP contribution in [-0.2, 0) is 0 Å². The lowest BCUT2D eigenvalue weighted by atomic mass is 9.95. The minimum absolute atomic E-state index is 0.331. The molecule has 2 aromatic rings. The number of hydrogen-bond acceptors (Lipinski definition) is 1. The topological polar surface area (TPSA) is 26.0 Å². The SMILES string of the molecule is Cc1ccc(Br)cc1C(N)c1c(F)cc(F)cc1F. The first-order chi connectivity index (χ1) is 8.90. The van der Waals surface area contributed by atoms with Crippen molar-refractivity contribution in [3.8, 4) is 0 Å². The maximum Gasteiger partial charge on any atom is 0.134 e. The van der Waals surface area contributed by atoms with E-state index in [1.165, 1.54) is 0 Å². The molecule has 0 saturated carbocycles. The van der Waals surface area contributed by atoms with Gasteiger partial charge in [-0.05, 0) is 30.2 Å². The molecule has 1 nitrogen and oxygen atoms in total. The van der Waals surface area contributed by atoms with Crippen LogP contribution in [0.1, 0.15) is 22.7 Å². The maximum atomic E-state index is 13.7. The Kier molecular flexibility index (Phi) is 3.96. The van der Waals surface area contributed by atoms with E-state index < -0.39 is 23.5 Å². The highest BCUT2D eigenvalue weighted by molar-refractivity contribution is 9.10. The van der Waals surface area contributed by atoms with Crippen molar-refractivity contribution < 1.29 is 13.2 Å². The van der Waals surface area contributed by atoms with Gasteiger partial charge < -0.3 is 5.73 Å². The second kappa shape index (κ2) is 5.35. The van der Waals surface area contributed by atoms with Gasteiger partial charge in [0.2, 0.25) is 0 Å². The van der Waals surface area contributed by atoms with Crippen LogP contribution in [-0.4, -0.2) is 0 Å². The molecule has 19 heavy (non-hydrogen) atoms. The van der Waals surface area contributed by atoms with Gasteiger partial charge in [0.05, 0.1) is 6.04 Å². The van der Waals surface area contributed by atoms with Crippen LogP contribution in [0.4, 0.5) is 13.2 Å². The molecular formula is C14H11BrF3N. The Morgan fingerprint density at radius 1 is 1.05 bits per heavy atom. The van der Waals surface area contributed by atoms with Crippen molar-refractivity contribution in [2.45, 2.75) is 13.0 Å². The highest BCUT2D eigenvalue weighted by Gasteiger charge is 2.21. The molecule has 2 rings (SSSR count). The van der Waals surface area contributed by atoms with E-state index in [9.17, 15) is 13.2 Å². The molecule has 0 radical (unpaired) electrons. The largest absolute Gasteiger partial charge is 0.320 e. The summed E-state index contributed by atoms with van der Waals surface area (Å²) in [5.41, 5.74) is 6.97. The fraction of sp³-hybridized carbons (Fsp3) is 0.143. The van der Waals surface area contributed by atoms with Crippen LogP contribution in [0.2, 0.25) is 0 Å². The minimum Gasteiger partial charge on any atom is -0.320 e. The summed E-state index contributed by atoms with van der Waals surface area (Å²) in [5, 5.41) is 0. The molecule has 0 aliphatic rings. The second-order valence-electron chi connectivity index (χ2n) is 4.26. The Morgan fingerprint density at radius 3 is 2.21 bits per heavy atom. The molecule has 2 aromatic carbocycles. The van der Waals surface area contributed by atoms with Crippen molar-refractivity contribution >= 4 is 15.9 Å². The number of benzene rings is 2. The minimum atomic E-state index is -0.988. The molecule has 0 aliphatic carbocycles. The Bertz CT molecular complexity index is 605. The van der Waals surface area contributed by atoms with Crippen molar-refractivity contribution in [1.82, 2.24) is 0 Å². The van der Waals surface area contributed by atoms with E-state index in [0.29, 0.717) is 17.7 Å². The van der Waals surface area contributed by atoms with Gasteiger partial charge in [-0.1, -0.05) is 22.0 Å². The number of aryl methyl sites for hydroxylation is 1. The van der Waals surface area contributed by atoms with Gasteiger partial charge in [-0.3, -0.25) is 0 Å². The van der Waals surface area contributed by atoms with Gasteiger partial charge in [-0.25, -0.2) is 13.2 Å². The van der Waals surface area contributed by atoms with Crippen molar-refractivity contribution in [1.29, 1.82) is 0 Å². The lowest BCUT2D eigenvalue weighted by Gasteiger charge is -2.17. The third kappa shape index (κ3) is 2.82. The summed E-state index contributed by atoms with van der Waals surface area (Å²) in [7, 11) is 0. The summed E-state index contributed by atoms with van der Waals surface area (Å²) in [6.07, 6.45) is 0. The lowest BCUT2D eigenvalue weighted by molar-refractivity contribution is 0.515. The first kappa shape index (κ1) is 14.1. The van der Waals surface area contributed by atoms with Crippen LogP contribution >= 0.6 is 15.9 Å². The molecule has 1 atom stereocenters. The van der Waals surface area contributed by atoms with E-state index in [4.69, 9.17) is 5.73 Å². The van der Waals surface area contributed by atoms with Gasteiger partial charge in [0.1, 0.15) is 17.5 Å². The highest BCUT2D eigenvalue weighted by Crippen LogP contribution is 2.29. The molecule has 0 saturated heterocycles. The Morgan fingerprint density at radius 2 is 1.63 bits per heavy atom. The average molecular weight is 330 g/mol. The third-order valence-corrected chi connectivity index (χ3v) is 3.42. The molecule has 0 heterocycles. The molecule has 0 aromatic heterocycles. The number of rotatable bonds is 2. The molecular weight excluding hydrogens is 319 g/mol. The summed E-state index contributed by atoms with van der Waals surface area (Å²) in [6, 6.07) is 5.57. The van der Waals surface area contributed by atoms with Crippen molar-refractivity contribution in [3.63, 3.8) is 0 Å². The van der Waals surface area contributed by atoms with Crippen LogP contribution in [0.3, 0.4) is 0 Å². The van der Waals surface area contributed by atoms with Gasteiger partial charge in [-0.15, -0.1) is 0 Å². The molecule has 0 aliphatic heterocycles. The summed E-state index contributed by atoms with van der Waals surface area (Å²) in [4.78, 5) is 0. The predicted octanol–water partition coefficient (Wildman–Crippen LogP) is 4.22. The quantitative estimate of drug-likeness (QED) is 0.876. The fourth-order valence-electron chi connectivity index (χ4n) is 1.95. The van der Waals surface area contributed by atoms with E-state index in [1.807, 2.05) is 6.07 Å². The van der Waals surface area contributed by atoms with Crippen LogP contribution in [0.25, 0.3) is 0 Å². The average Bonchev–Trinajstić information content (AvgIpc) is 2.30. The summed E-state index contributed by atoms with van der Waals surface area (Å²) >= 11 is 3.28. The zero-order valence-corrected chi connectivity index (χ0v) is 11.6. The first-order valence-corrected chi connectivity index (χ1v) is 6.35. The van der Waals surface area contributed by atoms with Gasteiger partial charge in [-0.2, -0.15) is 0 Å². The summed E-state index contributed by atoms with van der Waals surface area (Å²) in [5.74, 6) is -2.93. The number of nitrogens with two attached hydrogens (primary N) is 1. The van der Waals surface area contributed by atoms with Gasteiger partial charge in [0.25, 0.3) is 0 Å². The smallest absolute Gasteiger partial charge is 0.134 e. The monoisotopic (exact) mass is 329 g/mol. The Balaban J connectivity index is 2.56. The van der Waals surface area contributed by atoms with Crippen LogP contribution < -0.4 is 5.73 Å². The standard InChI is InChI=1S/C14H11BrF3N/c1-7-2-3-8(15)4-10(7)14(19)13-11(17)5-9(16)6-12(13)18/h2-6,14H,19H2,1H3. The van der Waals surface area contributed by atoms with Crippen molar-refractivity contribution in [2.24, 2.45) is 5.73 Å². The van der Waals surface area contributed by atoms with Crippen molar-refractivity contribution in [2.75, 3.05) is 0 Å². The Hall–Kier alpha value is -1.33. The Labute approximate surface area is 117 Å². The maximum absolute atomic E-state index is 13.7. The van der Waals surface area contributed by atoms with Crippen molar-refractivity contribution in [3.05, 3.63) is 68.9 Å². The lowest BCUT2D eigenvalue weighted by Crippen LogP contribution is -2.17. The van der Waals surface area contributed by atoms with E-state index in [1.54, 1.807) is 19.1 Å². The van der Waals surface area contributed by atoms with Crippen LogP contribution in [0.15, 0.2) is 34.8 Å². The fourth-order valence-corrected chi connectivity index (χ4v) is 2.33. The summed E-state index contributed by atoms with van der Waals surface area (Å²) < 4.78 is 41.1. The van der Waals surface area contributed by atoms with Crippen LogP contribution in [0, 0.1) is 24.4 Å². The summed E-state index contributed by atoms with van der Waals surface area (Å²) in [6.45, 7) is 1.79. The normalized spacial score (nSPS) is 12.5. The highest BCUT2D eigenvalue weighted by atomic mass is 79.9. The zero-order valence-electron chi connectivity index (χ0n) is 10.1. The second-order valence-corrected chi connectivity index (χ2v) is 5.18. The molecule has 2 N–H and O–H groups in total. The van der Waals surface area contributed by atoms with Crippen LogP contribution in [0.5, 0.6) is 0 Å². The van der Waals surface area contributed by atoms with E-state index in [2.05, 4.69) is 15.9 Å². The predicted molar refractivity (Wildman–Crippen MR) is 71.2 cm³/mol. The molecule has 5 heteroatoms. The van der Waals surface area contributed by atoms with Gasteiger partial charge in [0, 0.05) is 22.2 Å². The molecule has 0 bridgehead atoms. The number of hydrogen-bond donors (Lipinski definition) is 1. The zero-order chi connectivity index (χ0) is 14.2. The first-order valence-electron chi connectivity index (χ1n) is 5.56. The van der Waals surface area contributed by atoms with E-state index in [-0.39, 0.29) is 5.56 Å². The van der Waals surface area contributed by atoms with Gasteiger partial charge >= 0.3 is 0 Å². The van der Waals surface area contributed by atoms with E-state index in [0.717, 1.165) is 10.0 Å². The number of halogens is 4. The molecule has 0 spiro atoms. The third-order valence-electron chi connectivity index (χ3n) is 2.93. The molecule has 0 fully saturated rings. The molecule has 1 unspecified atom stereocenters. The molecule has 100 valence electrons. The molecule has 0 amide bonds. The van der Waals surface area contributed by atoms with E-state index >= 15 is 0 Å².